The fraction of sp³-hybridized carbons (Fsp3) is 0.125. The van der Waals surface area contributed by atoms with Crippen LogP contribution in [0.25, 0.3) is 22.5 Å². The van der Waals surface area contributed by atoms with E-state index in [9.17, 15) is 4.39 Å². The summed E-state index contributed by atoms with van der Waals surface area (Å²) in [6.45, 7) is 4.71. The van der Waals surface area contributed by atoms with Gasteiger partial charge in [-0.1, -0.05) is 60.7 Å². The maximum Gasteiger partial charge on any atom is 0.123 e. The van der Waals surface area contributed by atoms with E-state index in [0.717, 1.165) is 28.1 Å². The first kappa shape index (κ1) is 17.2. The lowest BCUT2D eigenvalue weighted by Crippen LogP contribution is -2.05. The van der Waals surface area contributed by atoms with Gasteiger partial charge in [-0.25, -0.2) is 4.39 Å². The molecule has 0 spiro atoms. The van der Waals surface area contributed by atoms with E-state index >= 15 is 0 Å². The Morgan fingerprint density at radius 2 is 1.44 bits per heavy atom. The second-order valence-corrected chi connectivity index (χ2v) is 6.83. The summed E-state index contributed by atoms with van der Waals surface area (Å²) >= 11 is 0. The van der Waals surface area contributed by atoms with E-state index < -0.39 is 0 Å². The van der Waals surface area contributed by atoms with Gasteiger partial charge in [0.1, 0.15) is 5.82 Å². The lowest BCUT2D eigenvalue weighted by atomic mass is 10.0. The van der Waals surface area contributed by atoms with Crippen molar-refractivity contribution >= 4 is 0 Å². The summed E-state index contributed by atoms with van der Waals surface area (Å²) in [4.78, 5) is 0. The van der Waals surface area contributed by atoms with Crippen molar-refractivity contribution in [3.05, 3.63) is 101 Å². The standard InChI is InChI=1S/C24H21FN2/c1-17-8-3-5-12-21(17)23-15-24(22-13-6-4-9-18(22)2)27(26-23)16-19-10-7-11-20(25)14-19/h3-15H,16H2,1-2H3. The number of aryl methyl sites for hydroxylation is 2. The highest BCUT2D eigenvalue weighted by molar-refractivity contribution is 5.72. The number of rotatable bonds is 4. The van der Waals surface area contributed by atoms with E-state index in [0.29, 0.717) is 6.54 Å². The van der Waals surface area contributed by atoms with Crippen LogP contribution in [-0.2, 0) is 6.54 Å². The number of aromatic nitrogens is 2. The molecule has 3 heteroatoms. The van der Waals surface area contributed by atoms with Crippen LogP contribution in [-0.4, -0.2) is 9.78 Å². The number of hydrogen-bond acceptors (Lipinski definition) is 1. The van der Waals surface area contributed by atoms with Crippen LogP contribution in [0.2, 0.25) is 0 Å². The Labute approximate surface area is 158 Å². The summed E-state index contributed by atoms with van der Waals surface area (Å²) < 4.78 is 15.6. The van der Waals surface area contributed by atoms with E-state index in [1.165, 1.54) is 17.2 Å². The lowest BCUT2D eigenvalue weighted by molar-refractivity contribution is 0.620. The van der Waals surface area contributed by atoms with Gasteiger partial charge in [0.2, 0.25) is 0 Å². The molecule has 0 fully saturated rings. The van der Waals surface area contributed by atoms with Crippen LogP contribution in [0.3, 0.4) is 0 Å². The second-order valence-electron chi connectivity index (χ2n) is 6.83. The summed E-state index contributed by atoms with van der Waals surface area (Å²) in [7, 11) is 0. The molecule has 0 bridgehead atoms. The van der Waals surface area contributed by atoms with Crippen LogP contribution in [0.4, 0.5) is 4.39 Å². The molecule has 27 heavy (non-hydrogen) atoms. The molecule has 0 atom stereocenters. The fourth-order valence-corrected chi connectivity index (χ4v) is 3.41. The van der Waals surface area contributed by atoms with Crippen molar-refractivity contribution in [2.45, 2.75) is 20.4 Å². The smallest absolute Gasteiger partial charge is 0.123 e. The highest BCUT2D eigenvalue weighted by Crippen LogP contribution is 2.30. The molecule has 0 radical (unpaired) electrons. The normalized spacial score (nSPS) is 10.9. The predicted octanol–water partition coefficient (Wildman–Crippen LogP) is 6.02. The molecule has 0 amide bonds. The third-order valence-corrected chi connectivity index (χ3v) is 4.84. The van der Waals surface area contributed by atoms with Gasteiger partial charge in [0, 0.05) is 11.1 Å². The van der Waals surface area contributed by atoms with Gasteiger partial charge in [0.25, 0.3) is 0 Å². The van der Waals surface area contributed by atoms with Crippen molar-refractivity contribution in [1.29, 1.82) is 0 Å². The van der Waals surface area contributed by atoms with Crippen molar-refractivity contribution in [3.8, 4) is 22.5 Å². The molecule has 0 N–H and O–H groups in total. The summed E-state index contributed by atoms with van der Waals surface area (Å²) in [5.74, 6) is -0.226. The van der Waals surface area contributed by atoms with Crippen LogP contribution in [0.1, 0.15) is 16.7 Å². The first-order chi connectivity index (χ1) is 13.1. The zero-order chi connectivity index (χ0) is 18.8. The van der Waals surface area contributed by atoms with Crippen molar-refractivity contribution in [2.75, 3.05) is 0 Å². The second kappa shape index (κ2) is 7.20. The molecular formula is C24H21FN2. The Balaban J connectivity index is 1.85. The Kier molecular flexibility index (Phi) is 4.59. The van der Waals surface area contributed by atoms with Crippen molar-refractivity contribution in [1.82, 2.24) is 9.78 Å². The molecule has 0 aliphatic rings. The number of hydrogen-bond donors (Lipinski definition) is 0. The highest BCUT2D eigenvalue weighted by atomic mass is 19.1. The molecule has 4 rings (SSSR count). The SMILES string of the molecule is Cc1ccccc1-c1cc(-c2ccccc2C)n(Cc2cccc(F)c2)n1. The Hall–Kier alpha value is -3.20. The molecule has 1 aromatic heterocycles. The molecular weight excluding hydrogens is 335 g/mol. The molecule has 3 aromatic carbocycles. The van der Waals surface area contributed by atoms with E-state index in [1.54, 1.807) is 12.1 Å². The number of benzene rings is 3. The third kappa shape index (κ3) is 3.54. The largest absolute Gasteiger partial charge is 0.260 e. The average Bonchev–Trinajstić information content (AvgIpc) is 3.06. The van der Waals surface area contributed by atoms with Gasteiger partial charge in [-0.05, 0) is 48.7 Å². The van der Waals surface area contributed by atoms with Crippen molar-refractivity contribution < 1.29 is 4.39 Å². The van der Waals surface area contributed by atoms with E-state index in [-0.39, 0.29) is 5.82 Å². The van der Waals surface area contributed by atoms with Crippen LogP contribution in [0.15, 0.2) is 78.9 Å². The number of halogens is 1. The topological polar surface area (TPSA) is 17.8 Å². The monoisotopic (exact) mass is 356 g/mol. The average molecular weight is 356 g/mol. The third-order valence-electron chi connectivity index (χ3n) is 4.84. The molecule has 0 saturated heterocycles. The van der Waals surface area contributed by atoms with Crippen molar-refractivity contribution in [3.63, 3.8) is 0 Å². The molecule has 0 aliphatic heterocycles. The van der Waals surface area contributed by atoms with Crippen molar-refractivity contribution in [2.24, 2.45) is 0 Å². The first-order valence-corrected chi connectivity index (χ1v) is 9.06. The zero-order valence-electron chi connectivity index (χ0n) is 15.5. The van der Waals surface area contributed by atoms with Gasteiger partial charge in [0.15, 0.2) is 0 Å². The molecule has 1 heterocycles. The van der Waals surface area contributed by atoms with Crippen LogP contribution in [0.5, 0.6) is 0 Å². The molecule has 134 valence electrons. The van der Waals surface area contributed by atoms with Gasteiger partial charge in [-0.3, -0.25) is 4.68 Å². The van der Waals surface area contributed by atoms with Gasteiger partial charge in [-0.15, -0.1) is 0 Å². The summed E-state index contributed by atoms with van der Waals surface area (Å²) in [5.41, 5.74) is 7.49. The van der Waals surface area contributed by atoms with Gasteiger partial charge in [0.05, 0.1) is 17.9 Å². The quantitative estimate of drug-likeness (QED) is 0.437. The predicted molar refractivity (Wildman–Crippen MR) is 108 cm³/mol. The maximum absolute atomic E-state index is 13.7. The van der Waals surface area contributed by atoms with E-state index in [2.05, 4.69) is 44.2 Å². The Morgan fingerprint density at radius 1 is 0.778 bits per heavy atom. The lowest BCUT2D eigenvalue weighted by Gasteiger charge is -2.10. The fourth-order valence-electron chi connectivity index (χ4n) is 3.41. The maximum atomic E-state index is 13.7. The molecule has 0 unspecified atom stereocenters. The summed E-state index contributed by atoms with van der Waals surface area (Å²) in [5, 5.41) is 4.88. The summed E-state index contributed by atoms with van der Waals surface area (Å²) in [6.07, 6.45) is 0. The molecule has 4 aromatic rings. The Morgan fingerprint density at radius 3 is 2.11 bits per heavy atom. The molecule has 2 nitrogen and oxygen atoms in total. The Bertz CT molecular complexity index is 1090. The minimum atomic E-state index is -0.226. The van der Waals surface area contributed by atoms with E-state index in [4.69, 9.17) is 5.10 Å². The zero-order valence-corrected chi connectivity index (χ0v) is 15.5. The minimum absolute atomic E-state index is 0.226. The first-order valence-electron chi connectivity index (χ1n) is 9.06. The van der Waals surface area contributed by atoms with Crippen LogP contribution >= 0.6 is 0 Å². The van der Waals surface area contributed by atoms with E-state index in [1.807, 2.05) is 35.0 Å². The van der Waals surface area contributed by atoms with Gasteiger partial charge >= 0.3 is 0 Å². The highest BCUT2D eigenvalue weighted by Gasteiger charge is 2.14. The minimum Gasteiger partial charge on any atom is -0.260 e. The van der Waals surface area contributed by atoms with Gasteiger partial charge < -0.3 is 0 Å². The summed E-state index contributed by atoms with van der Waals surface area (Å²) in [6, 6.07) is 25.4. The van der Waals surface area contributed by atoms with Crippen LogP contribution in [0, 0.1) is 19.7 Å². The van der Waals surface area contributed by atoms with Gasteiger partial charge in [-0.2, -0.15) is 5.10 Å². The molecule has 0 saturated carbocycles. The molecule has 0 aliphatic carbocycles. The number of nitrogens with zero attached hydrogens (tertiary/aromatic N) is 2. The van der Waals surface area contributed by atoms with Crippen LogP contribution < -0.4 is 0 Å².